The standard InChI is InChI=1S/C25H31BrIOP/c1-28-22-16-9-15-21(27)25(22)24-20(26)14-8-17-23(24)29(18-10-4-2-5-11-18)19-12-6-3-7-13-19/h8-9,14-19H,2-7,10-13H2,1H3. The van der Waals surface area contributed by atoms with Gasteiger partial charge in [-0.05, 0) is 83.1 Å². The Bertz CT molecular complexity index is 810. The van der Waals surface area contributed by atoms with Crippen molar-refractivity contribution in [3.05, 3.63) is 44.4 Å². The predicted molar refractivity (Wildman–Crippen MR) is 139 cm³/mol. The average molecular weight is 585 g/mol. The molecule has 0 aromatic heterocycles. The Morgan fingerprint density at radius 1 is 0.828 bits per heavy atom. The summed E-state index contributed by atoms with van der Waals surface area (Å²) in [6, 6.07) is 13.4. The summed E-state index contributed by atoms with van der Waals surface area (Å²) in [5.74, 6) is 0.993. The van der Waals surface area contributed by atoms with E-state index in [-0.39, 0.29) is 7.92 Å². The highest BCUT2D eigenvalue weighted by molar-refractivity contribution is 14.1. The maximum Gasteiger partial charge on any atom is 0.127 e. The maximum atomic E-state index is 5.84. The lowest BCUT2D eigenvalue weighted by Gasteiger charge is -2.40. The monoisotopic (exact) mass is 584 g/mol. The van der Waals surface area contributed by atoms with Crippen LogP contribution < -0.4 is 10.0 Å². The van der Waals surface area contributed by atoms with Gasteiger partial charge in [0.25, 0.3) is 0 Å². The molecule has 29 heavy (non-hydrogen) atoms. The Kier molecular flexibility index (Phi) is 7.97. The summed E-state index contributed by atoms with van der Waals surface area (Å²) < 4.78 is 8.34. The first kappa shape index (κ1) is 22.1. The van der Waals surface area contributed by atoms with Gasteiger partial charge in [0.1, 0.15) is 5.75 Å². The third-order valence-electron chi connectivity index (χ3n) is 6.65. The fraction of sp³-hybridized carbons (Fsp3) is 0.520. The number of halogens is 2. The highest BCUT2D eigenvalue weighted by Gasteiger charge is 2.34. The Balaban J connectivity index is 1.87. The van der Waals surface area contributed by atoms with Crippen molar-refractivity contribution in [2.75, 3.05) is 7.11 Å². The molecular weight excluding hydrogens is 554 g/mol. The summed E-state index contributed by atoms with van der Waals surface area (Å²) >= 11 is 6.43. The third kappa shape index (κ3) is 4.88. The van der Waals surface area contributed by atoms with Gasteiger partial charge in [-0.15, -0.1) is 0 Å². The van der Waals surface area contributed by atoms with Crippen LogP contribution >= 0.6 is 46.4 Å². The molecule has 4 rings (SSSR count). The molecule has 1 nitrogen and oxygen atoms in total. The minimum absolute atomic E-state index is 0.171. The Labute approximate surface area is 199 Å². The molecule has 0 unspecified atom stereocenters. The molecule has 0 aliphatic heterocycles. The van der Waals surface area contributed by atoms with Crippen molar-refractivity contribution in [3.63, 3.8) is 0 Å². The molecule has 4 heteroatoms. The SMILES string of the molecule is COc1cccc(I)c1-c1c(Br)cccc1P(C1CCCCC1)C1CCCCC1. The molecule has 0 saturated heterocycles. The molecule has 2 saturated carbocycles. The van der Waals surface area contributed by atoms with E-state index in [4.69, 9.17) is 4.74 Å². The first-order valence-electron chi connectivity index (χ1n) is 11.1. The van der Waals surface area contributed by atoms with Crippen LogP contribution in [0.25, 0.3) is 11.1 Å². The molecule has 0 radical (unpaired) electrons. The van der Waals surface area contributed by atoms with E-state index in [0.29, 0.717) is 0 Å². The minimum atomic E-state index is -0.171. The van der Waals surface area contributed by atoms with Gasteiger partial charge in [-0.1, -0.05) is 80.6 Å². The van der Waals surface area contributed by atoms with Gasteiger partial charge in [-0.2, -0.15) is 0 Å². The van der Waals surface area contributed by atoms with Gasteiger partial charge in [0, 0.05) is 19.2 Å². The predicted octanol–water partition coefficient (Wildman–Crippen LogP) is 8.50. The second kappa shape index (κ2) is 10.5. The highest BCUT2D eigenvalue weighted by atomic mass is 127. The van der Waals surface area contributed by atoms with Crippen molar-refractivity contribution < 1.29 is 4.74 Å². The van der Waals surface area contributed by atoms with Gasteiger partial charge in [-0.3, -0.25) is 0 Å². The van der Waals surface area contributed by atoms with E-state index in [9.17, 15) is 0 Å². The molecule has 0 atom stereocenters. The van der Waals surface area contributed by atoms with Crippen molar-refractivity contribution in [2.24, 2.45) is 0 Å². The summed E-state index contributed by atoms with van der Waals surface area (Å²) in [7, 11) is 1.63. The largest absolute Gasteiger partial charge is 0.496 e. The van der Waals surface area contributed by atoms with E-state index >= 15 is 0 Å². The van der Waals surface area contributed by atoms with Gasteiger partial charge >= 0.3 is 0 Å². The minimum Gasteiger partial charge on any atom is -0.496 e. The van der Waals surface area contributed by atoms with Crippen LogP contribution in [0.4, 0.5) is 0 Å². The van der Waals surface area contributed by atoms with Crippen LogP contribution in [0.2, 0.25) is 0 Å². The number of ether oxygens (including phenoxy) is 1. The summed E-state index contributed by atoms with van der Waals surface area (Å²) in [5.41, 5.74) is 4.46. The first-order valence-corrected chi connectivity index (χ1v) is 14.5. The smallest absolute Gasteiger partial charge is 0.127 e. The quantitative estimate of drug-likeness (QED) is 0.253. The molecule has 2 aromatic carbocycles. The molecule has 156 valence electrons. The van der Waals surface area contributed by atoms with E-state index in [0.717, 1.165) is 17.1 Å². The van der Waals surface area contributed by atoms with Gasteiger partial charge in [0.05, 0.1) is 7.11 Å². The Morgan fingerprint density at radius 3 is 2.00 bits per heavy atom. The summed E-state index contributed by atoms with van der Waals surface area (Å²) in [6.07, 6.45) is 14.3. The molecule has 2 aliphatic carbocycles. The van der Waals surface area contributed by atoms with E-state index in [2.05, 4.69) is 74.9 Å². The molecule has 2 aromatic rings. The highest BCUT2D eigenvalue weighted by Crippen LogP contribution is 2.57. The van der Waals surface area contributed by atoms with Gasteiger partial charge in [0.2, 0.25) is 0 Å². The molecular formula is C25H31BrIOP. The van der Waals surface area contributed by atoms with Crippen LogP contribution in [-0.4, -0.2) is 18.4 Å². The van der Waals surface area contributed by atoms with Crippen LogP contribution in [0.5, 0.6) is 5.75 Å². The normalized spacial score (nSPS) is 18.9. The lowest BCUT2D eigenvalue weighted by atomic mass is 9.99. The van der Waals surface area contributed by atoms with E-state index in [1.807, 2.05) is 0 Å². The van der Waals surface area contributed by atoms with Gasteiger partial charge in [0.15, 0.2) is 0 Å². The number of benzene rings is 2. The fourth-order valence-electron chi connectivity index (χ4n) is 5.30. The van der Waals surface area contributed by atoms with Crippen molar-refractivity contribution in [2.45, 2.75) is 75.5 Å². The zero-order chi connectivity index (χ0) is 20.2. The summed E-state index contributed by atoms with van der Waals surface area (Å²) in [6.45, 7) is 0. The number of rotatable bonds is 5. The van der Waals surface area contributed by atoms with Crippen molar-refractivity contribution >= 4 is 51.7 Å². The molecule has 0 bridgehead atoms. The van der Waals surface area contributed by atoms with Gasteiger partial charge < -0.3 is 4.74 Å². The Morgan fingerprint density at radius 2 is 1.41 bits per heavy atom. The molecule has 2 aliphatic rings. The molecule has 2 fully saturated rings. The van der Waals surface area contributed by atoms with Crippen molar-refractivity contribution in [3.8, 4) is 16.9 Å². The lowest BCUT2D eigenvalue weighted by Crippen LogP contribution is -2.27. The maximum absolute atomic E-state index is 5.84. The topological polar surface area (TPSA) is 9.23 Å². The van der Waals surface area contributed by atoms with Crippen LogP contribution in [0, 0.1) is 3.57 Å². The molecule has 0 amide bonds. The summed E-state index contributed by atoms with van der Waals surface area (Å²) in [5, 5.41) is 1.62. The van der Waals surface area contributed by atoms with Crippen LogP contribution in [0.3, 0.4) is 0 Å². The zero-order valence-corrected chi connectivity index (χ0v) is 21.9. The Hall–Kier alpha value is -0.120. The first-order chi connectivity index (χ1) is 14.2. The van der Waals surface area contributed by atoms with Crippen LogP contribution in [0.1, 0.15) is 64.2 Å². The average Bonchev–Trinajstić information content (AvgIpc) is 2.76. The third-order valence-corrected chi connectivity index (χ3v) is 11.7. The van der Waals surface area contributed by atoms with Crippen LogP contribution in [0.15, 0.2) is 40.9 Å². The fourth-order valence-corrected chi connectivity index (χ4v) is 10.7. The molecule has 0 spiro atoms. The number of hydrogen-bond acceptors (Lipinski definition) is 1. The second-order valence-electron chi connectivity index (χ2n) is 8.44. The van der Waals surface area contributed by atoms with Crippen molar-refractivity contribution in [1.82, 2.24) is 0 Å². The van der Waals surface area contributed by atoms with E-state index < -0.39 is 0 Å². The van der Waals surface area contributed by atoms with Crippen LogP contribution in [-0.2, 0) is 0 Å². The van der Waals surface area contributed by atoms with E-state index in [1.54, 1.807) is 12.4 Å². The zero-order valence-electron chi connectivity index (χ0n) is 17.3. The van der Waals surface area contributed by atoms with Gasteiger partial charge in [-0.25, -0.2) is 0 Å². The van der Waals surface area contributed by atoms with E-state index in [1.165, 1.54) is 83.4 Å². The molecule has 0 N–H and O–H groups in total. The second-order valence-corrected chi connectivity index (χ2v) is 13.2. The molecule has 0 heterocycles. The number of hydrogen-bond donors (Lipinski definition) is 0. The number of methoxy groups -OCH3 is 1. The summed E-state index contributed by atoms with van der Waals surface area (Å²) in [4.78, 5) is 0. The lowest BCUT2D eigenvalue weighted by molar-refractivity contribution is 0.416. The van der Waals surface area contributed by atoms with Crippen molar-refractivity contribution in [1.29, 1.82) is 0 Å².